The van der Waals surface area contributed by atoms with Crippen LogP contribution >= 0.6 is 0 Å². The van der Waals surface area contributed by atoms with Gasteiger partial charge in [-0.05, 0) is 26.0 Å². The first-order valence-electron chi connectivity index (χ1n) is 6.46. The van der Waals surface area contributed by atoms with Gasteiger partial charge in [0.2, 0.25) is 5.91 Å². The van der Waals surface area contributed by atoms with Gasteiger partial charge >= 0.3 is 5.97 Å². The van der Waals surface area contributed by atoms with Crippen molar-refractivity contribution in [3.63, 3.8) is 0 Å². The summed E-state index contributed by atoms with van der Waals surface area (Å²) < 4.78 is 10.4. The highest BCUT2D eigenvalue weighted by Gasteiger charge is 2.48. The third-order valence-electron chi connectivity index (χ3n) is 2.96. The lowest BCUT2D eigenvalue weighted by molar-refractivity contribution is -0.165. The highest BCUT2D eigenvalue weighted by atomic mass is 16.6. The highest BCUT2D eigenvalue weighted by molar-refractivity contribution is 6.14. The van der Waals surface area contributed by atoms with E-state index < -0.39 is 17.5 Å². The Hall–Kier alpha value is -2.57. The Bertz CT molecular complexity index is 613. The van der Waals surface area contributed by atoms with Crippen LogP contribution in [0.2, 0.25) is 0 Å². The van der Waals surface area contributed by atoms with E-state index in [9.17, 15) is 14.4 Å². The van der Waals surface area contributed by atoms with Crippen molar-refractivity contribution in [1.82, 2.24) is 0 Å². The van der Waals surface area contributed by atoms with Crippen molar-refractivity contribution in [2.45, 2.75) is 26.4 Å². The maximum absolute atomic E-state index is 12.1. The molecule has 21 heavy (non-hydrogen) atoms. The van der Waals surface area contributed by atoms with E-state index in [1.165, 1.54) is 19.9 Å². The van der Waals surface area contributed by atoms with E-state index in [1.54, 1.807) is 19.1 Å². The zero-order valence-electron chi connectivity index (χ0n) is 12.0. The molecule has 0 aromatic heterocycles. The molecule has 2 rings (SSSR count). The summed E-state index contributed by atoms with van der Waals surface area (Å²) >= 11 is 0. The van der Waals surface area contributed by atoms with Crippen LogP contribution < -0.4 is 15.4 Å². The Kier molecular flexibility index (Phi) is 3.84. The number of nitrogens with one attached hydrogen (secondary N) is 2. The molecule has 2 amide bonds. The molecule has 1 heterocycles. The molecule has 1 aliphatic rings. The number of carbonyl (C=O) groups excluding carboxylic acids is 3. The van der Waals surface area contributed by atoms with Crippen LogP contribution in [0.4, 0.5) is 11.4 Å². The van der Waals surface area contributed by atoms with Crippen molar-refractivity contribution in [2.75, 3.05) is 17.2 Å². The number of fused-ring (bicyclic) bond motifs is 1. The molecule has 1 aromatic carbocycles. The molecule has 0 fully saturated rings. The molecule has 0 spiro atoms. The molecule has 2 N–H and O–H groups in total. The van der Waals surface area contributed by atoms with E-state index in [1.807, 2.05) is 0 Å². The summed E-state index contributed by atoms with van der Waals surface area (Å²) in [6.45, 7) is 4.51. The zero-order chi connectivity index (χ0) is 15.6. The van der Waals surface area contributed by atoms with E-state index in [-0.39, 0.29) is 18.3 Å². The summed E-state index contributed by atoms with van der Waals surface area (Å²) in [5, 5.41) is 5.19. The second-order valence-electron chi connectivity index (χ2n) is 4.70. The third kappa shape index (κ3) is 2.81. The lowest BCUT2D eigenvalue weighted by Gasteiger charge is -2.32. The van der Waals surface area contributed by atoms with Crippen LogP contribution in [0.25, 0.3) is 0 Å². The maximum Gasteiger partial charge on any atom is 0.360 e. The lowest BCUT2D eigenvalue weighted by Crippen LogP contribution is -2.55. The van der Waals surface area contributed by atoms with Gasteiger partial charge in [0.1, 0.15) is 5.75 Å². The predicted octanol–water partition coefficient (Wildman–Crippen LogP) is 1.30. The minimum atomic E-state index is -1.75. The van der Waals surface area contributed by atoms with Crippen LogP contribution in [-0.2, 0) is 19.1 Å². The molecule has 7 nitrogen and oxygen atoms in total. The Morgan fingerprint density at radius 2 is 2.14 bits per heavy atom. The van der Waals surface area contributed by atoms with Crippen molar-refractivity contribution in [3.05, 3.63) is 18.2 Å². The van der Waals surface area contributed by atoms with Crippen LogP contribution in [0.5, 0.6) is 5.75 Å². The van der Waals surface area contributed by atoms with Crippen molar-refractivity contribution in [1.29, 1.82) is 0 Å². The monoisotopic (exact) mass is 292 g/mol. The van der Waals surface area contributed by atoms with Crippen molar-refractivity contribution >= 4 is 29.2 Å². The Morgan fingerprint density at radius 3 is 2.76 bits per heavy atom. The smallest absolute Gasteiger partial charge is 0.360 e. The Balaban J connectivity index is 2.33. The summed E-state index contributed by atoms with van der Waals surface area (Å²) in [4.78, 5) is 35.0. The van der Waals surface area contributed by atoms with Crippen LogP contribution in [0.1, 0.15) is 20.8 Å². The summed E-state index contributed by atoms with van der Waals surface area (Å²) in [7, 11) is 0. The fraction of sp³-hybridized carbons (Fsp3) is 0.357. The van der Waals surface area contributed by atoms with E-state index in [0.717, 1.165) is 0 Å². The Labute approximate surface area is 121 Å². The van der Waals surface area contributed by atoms with Crippen LogP contribution in [0.15, 0.2) is 18.2 Å². The van der Waals surface area contributed by atoms with Crippen LogP contribution in [-0.4, -0.2) is 30.0 Å². The molecular weight excluding hydrogens is 276 g/mol. The van der Waals surface area contributed by atoms with Gasteiger partial charge in [-0.1, -0.05) is 0 Å². The number of carbonyl (C=O) groups is 3. The van der Waals surface area contributed by atoms with E-state index >= 15 is 0 Å². The molecule has 0 aliphatic carbocycles. The molecular formula is C14H16N2O5. The fourth-order valence-electron chi connectivity index (χ4n) is 1.90. The van der Waals surface area contributed by atoms with Crippen molar-refractivity contribution < 1.29 is 23.9 Å². The minimum Gasteiger partial charge on any atom is -0.464 e. The average Bonchev–Trinajstić information content (AvgIpc) is 2.40. The highest BCUT2D eigenvalue weighted by Crippen LogP contribution is 2.36. The summed E-state index contributed by atoms with van der Waals surface area (Å²) in [6.07, 6.45) is 0. The number of benzene rings is 1. The minimum absolute atomic E-state index is 0.143. The van der Waals surface area contributed by atoms with Crippen LogP contribution in [0, 0.1) is 0 Å². The molecule has 0 saturated heterocycles. The molecule has 1 atom stereocenters. The molecule has 112 valence electrons. The van der Waals surface area contributed by atoms with Crippen molar-refractivity contribution in [3.8, 4) is 5.75 Å². The molecule has 0 saturated carbocycles. The van der Waals surface area contributed by atoms with Gasteiger partial charge in [0.05, 0.1) is 12.3 Å². The number of amides is 2. The van der Waals surface area contributed by atoms with Gasteiger partial charge in [0, 0.05) is 18.7 Å². The second-order valence-corrected chi connectivity index (χ2v) is 4.70. The largest absolute Gasteiger partial charge is 0.464 e. The SMILES string of the molecule is CCOC(=O)[C@@]1(C)Oc2cc(NC(C)=O)ccc2NC1=O. The molecule has 0 radical (unpaired) electrons. The van der Waals surface area contributed by atoms with Crippen molar-refractivity contribution in [2.24, 2.45) is 0 Å². The van der Waals surface area contributed by atoms with Gasteiger partial charge in [-0.2, -0.15) is 0 Å². The van der Waals surface area contributed by atoms with E-state index in [0.29, 0.717) is 11.4 Å². The number of anilines is 2. The van der Waals surface area contributed by atoms with E-state index in [2.05, 4.69) is 10.6 Å². The van der Waals surface area contributed by atoms with Crippen LogP contribution in [0.3, 0.4) is 0 Å². The molecule has 0 unspecified atom stereocenters. The summed E-state index contributed by atoms with van der Waals surface area (Å²) in [5.74, 6) is -1.31. The third-order valence-corrected chi connectivity index (χ3v) is 2.96. The molecule has 7 heteroatoms. The number of esters is 1. The standard InChI is InChI=1S/C14H16N2O5/c1-4-20-13(19)14(3)12(18)16-10-6-5-9(15-8(2)17)7-11(10)21-14/h5-7H,4H2,1-3H3,(H,15,17)(H,16,18)/t14-/m0/s1. The van der Waals surface area contributed by atoms with E-state index in [4.69, 9.17) is 9.47 Å². The zero-order valence-corrected chi connectivity index (χ0v) is 12.0. The quantitative estimate of drug-likeness (QED) is 0.647. The van der Waals surface area contributed by atoms with Gasteiger partial charge in [-0.3, -0.25) is 9.59 Å². The average molecular weight is 292 g/mol. The first kappa shape index (κ1) is 14.8. The number of rotatable bonds is 3. The lowest BCUT2D eigenvalue weighted by atomic mass is 10.0. The maximum atomic E-state index is 12.1. The summed E-state index contributed by atoms with van der Waals surface area (Å²) in [6, 6.07) is 4.74. The van der Waals surface area contributed by atoms with Gasteiger partial charge in [0.25, 0.3) is 11.5 Å². The first-order chi connectivity index (χ1) is 9.86. The van der Waals surface area contributed by atoms with Gasteiger partial charge in [-0.25, -0.2) is 4.79 Å². The van der Waals surface area contributed by atoms with Gasteiger partial charge in [0.15, 0.2) is 0 Å². The topological polar surface area (TPSA) is 93.7 Å². The molecule has 1 aromatic rings. The molecule has 1 aliphatic heterocycles. The second kappa shape index (κ2) is 5.43. The first-order valence-corrected chi connectivity index (χ1v) is 6.46. The normalized spacial score (nSPS) is 19.9. The van der Waals surface area contributed by atoms with Gasteiger partial charge in [-0.15, -0.1) is 0 Å². The Morgan fingerprint density at radius 1 is 1.43 bits per heavy atom. The van der Waals surface area contributed by atoms with Gasteiger partial charge < -0.3 is 20.1 Å². The number of hydrogen-bond donors (Lipinski definition) is 2. The number of hydrogen-bond acceptors (Lipinski definition) is 5. The summed E-state index contributed by atoms with van der Waals surface area (Å²) in [5.41, 5.74) is -0.822. The number of ether oxygens (including phenoxy) is 2. The fourth-order valence-corrected chi connectivity index (χ4v) is 1.90. The predicted molar refractivity (Wildman–Crippen MR) is 75.0 cm³/mol. The molecule has 0 bridgehead atoms.